The molecule has 11 nitrogen and oxygen atoms in total. The van der Waals surface area contributed by atoms with Crippen molar-refractivity contribution in [1.29, 1.82) is 0 Å². The molecule has 4 heterocycles. The lowest BCUT2D eigenvalue weighted by molar-refractivity contribution is -0.903. The molecule has 0 spiro atoms. The highest BCUT2D eigenvalue weighted by Gasteiger charge is 2.24. The third-order valence-electron chi connectivity index (χ3n) is 5.45. The quantitative estimate of drug-likeness (QED) is 0.468. The molecule has 0 amide bonds. The first kappa shape index (κ1) is 19.3. The second-order valence-corrected chi connectivity index (χ2v) is 7.42. The Hall–Kier alpha value is -3.05. The topological polar surface area (TPSA) is 116 Å². The summed E-state index contributed by atoms with van der Waals surface area (Å²) in [6.07, 6.45) is 4.35. The Morgan fingerprint density at radius 1 is 1.10 bits per heavy atom. The molecule has 0 aliphatic carbocycles. The van der Waals surface area contributed by atoms with E-state index in [1.165, 1.54) is 22.8 Å². The highest BCUT2D eigenvalue weighted by molar-refractivity contribution is 5.69. The number of nitrogens with one attached hydrogen (secondary N) is 1. The van der Waals surface area contributed by atoms with Gasteiger partial charge < -0.3 is 19.5 Å². The zero-order valence-corrected chi connectivity index (χ0v) is 16.5. The van der Waals surface area contributed by atoms with Crippen molar-refractivity contribution in [3.63, 3.8) is 0 Å². The molecule has 0 aromatic carbocycles. The number of hydrogen-bond donors (Lipinski definition) is 2. The van der Waals surface area contributed by atoms with Gasteiger partial charge in [0.2, 0.25) is 5.95 Å². The van der Waals surface area contributed by atoms with Gasteiger partial charge in [-0.15, -0.1) is 0 Å². The summed E-state index contributed by atoms with van der Waals surface area (Å²) < 4.78 is 4.04. The van der Waals surface area contributed by atoms with Crippen molar-refractivity contribution in [3.05, 3.63) is 45.6 Å². The number of nitrogens with zero attached hydrogens (tertiary/aromatic N) is 7. The van der Waals surface area contributed by atoms with Crippen molar-refractivity contribution < 1.29 is 10.0 Å². The van der Waals surface area contributed by atoms with Crippen LogP contribution in [0.5, 0.6) is 0 Å². The SMILES string of the molecule is Cn1c(=O)c2c(ncn2C[C@H](O)C[NH+]2CCN(c3ncccn3)CC2)n(C)c1=O. The fourth-order valence-electron chi connectivity index (χ4n) is 3.84. The summed E-state index contributed by atoms with van der Waals surface area (Å²) >= 11 is 0. The number of rotatable bonds is 5. The molecule has 0 saturated carbocycles. The standard InChI is InChI=1S/C18H24N8O3/c1-22-15-14(16(28)23(2)18(22)29)26(12-21-15)11-13(27)10-24-6-8-25(9-7-24)17-19-4-3-5-20-17/h3-5,12-13,27H,6-11H2,1-2H3/p+1/t13-/m1/s1. The number of piperazine rings is 1. The summed E-state index contributed by atoms with van der Waals surface area (Å²) in [4.78, 5) is 40.7. The Balaban J connectivity index is 1.42. The number of aromatic nitrogens is 6. The molecule has 11 heteroatoms. The molecule has 0 radical (unpaired) electrons. The van der Waals surface area contributed by atoms with Gasteiger partial charge >= 0.3 is 5.69 Å². The number of aliphatic hydroxyl groups excluding tert-OH is 1. The van der Waals surface area contributed by atoms with Gasteiger partial charge in [0.05, 0.1) is 39.1 Å². The Bertz CT molecular complexity index is 1110. The first-order chi connectivity index (χ1) is 14.0. The molecule has 154 valence electrons. The van der Waals surface area contributed by atoms with Crippen LogP contribution in [0.2, 0.25) is 0 Å². The maximum atomic E-state index is 12.5. The Kier molecular flexibility index (Phi) is 5.16. The lowest BCUT2D eigenvalue weighted by Gasteiger charge is -2.33. The third kappa shape index (κ3) is 3.66. The monoisotopic (exact) mass is 401 g/mol. The number of hydrogen-bond acceptors (Lipinski definition) is 7. The lowest BCUT2D eigenvalue weighted by atomic mass is 10.2. The first-order valence-corrected chi connectivity index (χ1v) is 9.60. The minimum atomic E-state index is -0.635. The van der Waals surface area contributed by atoms with Crippen LogP contribution in [0.3, 0.4) is 0 Å². The van der Waals surface area contributed by atoms with E-state index in [0.717, 1.165) is 36.7 Å². The minimum absolute atomic E-state index is 0.249. The molecule has 3 aromatic rings. The van der Waals surface area contributed by atoms with Gasteiger partial charge in [0.25, 0.3) is 5.56 Å². The Morgan fingerprint density at radius 2 is 1.79 bits per heavy atom. The van der Waals surface area contributed by atoms with Crippen molar-refractivity contribution in [2.75, 3.05) is 37.6 Å². The van der Waals surface area contributed by atoms with Gasteiger partial charge in [-0.1, -0.05) is 0 Å². The van der Waals surface area contributed by atoms with Crippen molar-refractivity contribution in [3.8, 4) is 0 Å². The van der Waals surface area contributed by atoms with E-state index in [2.05, 4.69) is 19.9 Å². The van der Waals surface area contributed by atoms with Crippen molar-refractivity contribution in [2.45, 2.75) is 12.6 Å². The van der Waals surface area contributed by atoms with E-state index in [-0.39, 0.29) is 6.54 Å². The molecule has 0 unspecified atom stereocenters. The summed E-state index contributed by atoms with van der Waals surface area (Å²) in [6, 6.07) is 1.80. The highest BCUT2D eigenvalue weighted by atomic mass is 16.3. The first-order valence-electron chi connectivity index (χ1n) is 9.60. The summed E-state index contributed by atoms with van der Waals surface area (Å²) in [5.74, 6) is 0.735. The largest absolute Gasteiger partial charge is 0.385 e. The lowest BCUT2D eigenvalue weighted by Crippen LogP contribution is -3.16. The van der Waals surface area contributed by atoms with Crippen LogP contribution in [-0.2, 0) is 20.6 Å². The van der Waals surface area contributed by atoms with Crippen LogP contribution in [0.25, 0.3) is 11.2 Å². The highest BCUT2D eigenvalue weighted by Crippen LogP contribution is 2.07. The zero-order valence-electron chi connectivity index (χ0n) is 16.5. The molecule has 29 heavy (non-hydrogen) atoms. The molecular formula is C18H25N8O3+. The average Bonchev–Trinajstić information content (AvgIpc) is 3.15. The fourth-order valence-corrected chi connectivity index (χ4v) is 3.84. The third-order valence-corrected chi connectivity index (χ3v) is 5.45. The molecular weight excluding hydrogens is 376 g/mol. The predicted octanol–water partition coefficient (Wildman–Crippen LogP) is -3.01. The summed E-state index contributed by atoms with van der Waals surface area (Å²) in [5, 5.41) is 10.6. The zero-order chi connectivity index (χ0) is 20.5. The van der Waals surface area contributed by atoms with Crippen LogP contribution in [0, 0.1) is 0 Å². The van der Waals surface area contributed by atoms with Crippen LogP contribution < -0.4 is 21.0 Å². The van der Waals surface area contributed by atoms with Crippen molar-refractivity contribution in [1.82, 2.24) is 28.7 Å². The molecule has 1 atom stereocenters. The number of aliphatic hydroxyl groups is 1. The number of imidazole rings is 1. The molecule has 1 aliphatic heterocycles. The maximum Gasteiger partial charge on any atom is 0.332 e. The number of aryl methyl sites for hydroxylation is 1. The van der Waals surface area contributed by atoms with Gasteiger partial charge in [0, 0.05) is 26.5 Å². The van der Waals surface area contributed by atoms with E-state index < -0.39 is 17.4 Å². The van der Waals surface area contributed by atoms with Gasteiger partial charge in [0.15, 0.2) is 11.2 Å². The normalized spacial score (nSPS) is 16.4. The van der Waals surface area contributed by atoms with E-state index >= 15 is 0 Å². The van der Waals surface area contributed by atoms with Gasteiger partial charge in [-0.05, 0) is 6.07 Å². The minimum Gasteiger partial charge on any atom is -0.385 e. The van der Waals surface area contributed by atoms with Crippen LogP contribution in [0.15, 0.2) is 34.4 Å². The van der Waals surface area contributed by atoms with Gasteiger partial charge in [-0.2, -0.15) is 0 Å². The molecule has 0 bridgehead atoms. The van der Waals surface area contributed by atoms with Gasteiger partial charge in [-0.3, -0.25) is 13.9 Å². The van der Waals surface area contributed by atoms with Gasteiger partial charge in [0.1, 0.15) is 12.6 Å². The number of quaternary nitrogens is 1. The second kappa shape index (κ2) is 7.76. The second-order valence-electron chi connectivity index (χ2n) is 7.42. The maximum absolute atomic E-state index is 12.5. The molecule has 1 aliphatic rings. The fraction of sp³-hybridized carbons (Fsp3) is 0.500. The van der Waals surface area contributed by atoms with E-state index in [4.69, 9.17) is 0 Å². The number of fused-ring (bicyclic) bond motifs is 1. The molecule has 1 fully saturated rings. The van der Waals surface area contributed by atoms with Gasteiger partial charge in [-0.25, -0.2) is 19.7 Å². The Labute approximate surface area is 166 Å². The smallest absolute Gasteiger partial charge is 0.332 e. The van der Waals surface area contributed by atoms with E-state index in [1.54, 1.807) is 30.1 Å². The average molecular weight is 401 g/mol. The van der Waals surface area contributed by atoms with Crippen molar-refractivity contribution >= 4 is 17.1 Å². The Morgan fingerprint density at radius 3 is 2.48 bits per heavy atom. The van der Waals surface area contributed by atoms with Crippen molar-refractivity contribution in [2.24, 2.45) is 14.1 Å². The van der Waals surface area contributed by atoms with E-state index in [1.807, 2.05) is 0 Å². The van der Waals surface area contributed by atoms with Crippen LogP contribution in [0.1, 0.15) is 0 Å². The molecule has 1 saturated heterocycles. The summed E-state index contributed by atoms with van der Waals surface area (Å²) in [5.41, 5.74) is -0.168. The van der Waals surface area contributed by atoms with Crippen LogP contribution in [0.4, 0.5) is 5.95 Å². The summed E-state index contributed by atoms with van der Waals surface area (Å²) in [6.45, 7) is 4.20. The number of anilines is 1. The molecule has 4 rings (SSSR count). The van der Waals surface area contributed by atoms with E-state index in [0.29, 0.717) is 17.7 Å². The molecule has 2 N–H and O–H groups in total. The van der Waals surface area contributed by atoms with Crippen LogP contribution >= 0.6 is 0 Å². The molecule has 3 aromatic heterocycles. The van der Waals surface area contributed by atoms with E-state index in [9.17, 15) is 14.7 Å². The summed E-state index contributed by atoms with van der Waals surface area (Å²) in [7, 11) is 3.02. The van der Waals surface area contributed by atoms with Crippen LogP contribution in [-0.4, -0.2) is 72.6 Å². The predicted molar refractivity (Wildman–Crippen MR) is 106 cm³/mol.